The van der Waals surface area contributed by atoms with Crippen molar-refractivity contribution >= 4 is 5.91 Å². The van der Waals surface area contributed by atoms with Gasteiger partial charge < -0.3 is 10.2 Å². The van der Waals surface area contributed by atoms with Crippen molar-refractivity contribution in [3.63, 3.8) is 0 Å². The summed E-state index contributed by atoms with van der Waals surface area (Å²) in [4.78, 5) is 14.4. The first-order valence-electron chi connectivity index (χ1n) is 8.29. The van der Waals surface area contributed by atoms with Gasteiger partial charge in [-0.3, -0.25) is 4.79 Å². The van der Waals surface area contributed by atoms with E-state index in [0.717, 1.165) is 45.3 Å². The van der Waals surface area contributed by atoms with E-state index in [1.54, 1.807) is 0 Å². The van der Waals surface area contributed by atoms with Crippen LogP contribution in [0.5, 0.6) is 0 Å². The van der Waals surface area contributed by atoms with Gasteiger partial charge in [-0.2, -0.15) is 0 Å². The SMILES string of the molecule is CCCCCCCCC(=O)N(CC)C1CCNCC1. The van der Waals surface area contributed by atoms with Crippen LogP contribution in [0.1, 0.15) is 71.6 Å². The Kier molecular flexibility index (Phi) is 8.89. The fraction of sp³-hybridized carbons (Fsp3) is 0.938. The van der Waals surface area contributed by atoms with E-state index >= 15 is 0 Å². The van der Waals surface area contributed by atoms with E-state index in [1.807, 2.05) is 0 Å². The lowest BCUT2D eigenvalue weighted by Gasteiger charge is -2.34. The van der Waals surface area contributed by atoms with Crippen LogP contribution in [0.25, 0.3) is 0 Å². The smallest absolute Gasteiger partial charge is 0.222 e. The first-order valence-corrected chi connectivity index (χ1v) is 8.29. The Morgan fingerprint density at radius 2 is 1.68 bits per heavy atom. The van der Waals surface area contributed by atoms with Crippen LogP contribution in [0.4, 0.5) is 0 Å². The predicted octanol–water partition coefficient (Wildman–Crippen LogP) is 3.34. The maximum atomic E-state index is 12.3. The Morgan fingerprint density at radius 3 is 2.32 bits per heavy atom. The first-order chi connectivity index (χ1) is 9.29. The van der Waals surface area contributed by atoms with Crippen LogP contribution in [0, 0.1) is 0 Å². The van der Waals surface area contributed by atoms with Gasteiger partial charge in [0, 0.05) is 19.0 Å². The summed E-state index contributed by atoms with van der Waals surface area (Å²) in [5.74, 6) is 0.380. The second-order valence-electron chi connectivity index (χ2n) is 5.68. The number of hydrogen-bond acceptors (Lipinski definition) is 2. The first kappa shape index (κ1) is 16.5. The number of nitrogens with one attached hydrogen (secondary N) is 1. The molecule has 1 N–H and O–H groups in total. The van der Waals surface area contributed by atoms with Gasteiger partial charge in [0.05, 0.1) is 0 Å². The number of carbonyl (C=O) groups is 1. The summed E-state index contributed by atoms with van der Waals surface area (Å²) < 4.78 is 0. The zero-order valence-corrected chi connectivity index (χ0v) is 12.9. The van der Waals surface area contributed by atoms with E-state index in [4.69, 9.17) is 0 Å². The molecule has 3 nitrogen and oxygen atoms in total. The molecule has 0 atom stereocenters. The molecule has 0 aromatic heterocycles. The van der Waals surface area contributed by atoms with Crippen molar-refractivity contribution in [1.29, 1.82) is 0 Å². The lowest BCUT2D eigenvalue weighted by atomic mass is 10.0. The highest BCUT2D eigenvalue weighted by atomic mass is 16.2. The highest BCUT2D eigenvalue weighted by Crippen LogP contribution is 2.15. The standard InChI is InChI=1S/C16H32N2O/c1-3-5-6-7-8-9-10-16(19)18(4-2)15-11-13-17-14-12-15/h15,17H,3-14H2,1-2H3. The second-order valence-corrected chi connectivity index (χ2v) is 5.68. The molecule has 3 heteroatoms. The average molecular weight is 268 g/mol. The highest BCUT2D eigenvalue weighted by molar-refractivity contribution is 5.76. The Hall–Kier alpha value is -0.570. The summed E-state index contributed by atoms with van der Waals surface area (Å²) >= 11 is 0. The van der Waals surface area contributed by atoms with E-state index in [1.165, 1.54) is 32.1 Å². The number of unbranched alkanes of at least 4 members (excludes halogenated alkanes) is 5. The minimum Gasteiger partial charge on any atom is -0.340 e. The van der Waals surface area contributed by atoms with Crippen LogP contribution >= 0.6 is 0 Å². The molecule has 1 heterocycles. The van der Waals surface area contributed by atoms with E-state index in [0.29, 0.717) is 11.9 Å². The van der Waals surface area contributed by atoms with Crippen LogP contribution < -0.4 is 5.32 Å². The molecule has 0 saturated carbocycles. The van der Waals surface area contributed by atoms with Gasteiger partial charge in [-0.15, -0.1) is 0 Å². The van der Waals surface area contributed by atoms with Crippen LogP contribution in [-0.4, -0.2) is 36.5 Å². The van der Waals surface area contributed by atoms with Gasteiger partial charge in [-0.25, -0.2) is 0 Å². The molecule has 112 valence electrons. The molecule has 0 aromatic rings. The third-order valence-electron chi connectivity index (χ3n) is 4.15. The molecule has 1 aliphatic rings. The summed E-state index contributed by atoms with van der Waals surface area (Å²) in [6.07, 6.45) is 10.5. The van der Waals surface area contributed by atoms with Gasteiger partial charge >= 0.3 is 0 Å². The van der Waals surface area contributed by atoms with Crippen molar-refractivity contribution in [2.75, 3.05) is 19.6 Å². The molecule has 19 heavy (non-hydrogen) atoms. The Balaban J connectivity index is 2.18. The fourth-order valence-electron chi connectivity index (χ4n) is 2.96. The molecule has 1 fully saturated rings. The molecular weight excluding hydrogens is 236 g/mol. The molecule has 1 saturated heterocycles. The van der Waals surface area contributed by atoms with Crippen LogP contribution in [-0.2, 0) is 4.79 Å². The van der Waals surface area contributed by atoms with Crippen LogP contribution in [0.15, 0.2) is 0 Å². The zero-order valence-electron chi connectivity index (χ0n) is 12.9. The third kappa shape index (κ3) is 6.42. The van der Waals surface area contributed by atoms with Gasteiger partial charge in [0.25, 0.3) is 0 Å². The van der Waals surface area contributed by atoms with E-state index in [9.17, 15) is 4.79 Å². The number of rotatable bonds is 9. The zero-order chi connectivity index (χ0) is 13.9. The van der Waals surface area contributed by atoms with Crippen molar-refractivity contribution in [2.45, 2.75) is 77.7 Å². The van der Waals surface area contributed by atoms with Crippen molar-refractivity contribution in [2.24, 2.45) is 0 Å². The molecule has 0 unspecified atom stereocenters. The topological polar surface area (TPSA) is 32.3 Å². The average Bonchev–Trinajstić information content (AvgIpc) is 2.45. The quantitative estimate of drug-likeness (QED) is 0.651. The van der Waals surface area contributed by atoms with E-state index in [2.05, 4.69) is 24.1 Å². The normalized spacial score (nSPS) is 16.5. The van der Waals surface area contributed by atoms with Crippen molar-refractivity contribution in [3.05, 3.63) is 0 Å². The summed E-state index contributed by atoms with van der Waals surface area (Å²) in [6.45, 7) is 7.35. The minimum absolute atomic E-state index is 0.380. The number of amides is 1. The summed E-state index contributed by atoms with van der Waals surface area (Å²) in [6, 6.07) is 0.485. The molecule has 0 radical (unpaired) electrons. The number of nitrogens with zero attached hydrogens (tertiary/aromatic N) is 1. The monoisotopic (exact) mass is 268 g/mol. The van der Waals surface area contributed by atoms with Gasteiger partial charge in [0.15, 0.2) is 0 Å². The molecule has 0 spiro atoms. The molecule has 1 aliphatic heterocycles. The number of piperidine rings is 1. The van der Waals surface area contributed by atoms with Gasteiger partial charge in [0.1, 0.15) is 0 Å². The van der Waals surface area contributed by atoms with Crippen molar-refractivity contribution in [3.8, 4) is 0 Å². The number of carbonyl (C=O) groups excluding carboxylic acids is 1. The summed E-state index contributed by atoms with van der Waals surface area (Å²) in [5, 5.41) is 3.37. The molecular formula is C16H32N2O. The molecule has 1 amide bonds. The number of hydrogen-bond donors (Lipinski definition) is 1. The van der Waals surface area contributed by atoms with E-state index in [-0.39, 0.29) is 0 Å². The van der Waals surface area contributed by atoms with Gasteiger partial charge in [-0.05, 0) is 39.3 Å². The second kappa shape index (κ2) is 10.2. The fourth-order valence-corrected chi connectivity index (χ4v) is 2.96. The van der Waals surface area contributed by atoms with Crippen LogP contribution in [0.3, 0.4) is 0 Å². The lowest BCUT2D eigenvalue weighted by Crippen LogP contribution is -2.46. The van der Waals surface area contributed by atoms with E-state index < -0.39 is 0 Å². The van der Waals surface area contributed by atoms with Gasteiger partial charge in [0.2, 0.25) is 5.91 Å². The maximum Gasteiger partial charge on any atom is 0.222 e. The molecule has 0 bridgehead atoms. The summed E-state index contributed by atoms with van der Waals surface area (Å²) in [5.41, 5.74) is 0. The van der Waals surface area contributed by atoms with Gasteiger partial charge in [-0.1, -0.05) is 39.0 Å². The minimum atomic E-state index is 0.380. The predicted molar refractivity (Wildman–Crippen MR) is 81.3 cm³/mol. The molecule has 0 aliphatic carbocycles. The Bertz CT molecular complexity index is 237. The lowest BCUT2D eigenvalue weighted by molar-refractivity contribution is -0.133. The van der Waals surface area contributed by atoms with Crippen LogP contribution in [0.2, 0.25) is 0 Å². The third-order valence-corrected chi connectivity index (χ3v) is 4.15. The Labute approximate surface area is 119 Å². The largest absolute Gasteiger partial charge is 0.340 e. The summed E-state index contributed by atoms with van der Waals surface area (Å²) in [7, 11) is 0. The Morgan fingerprint density at radius 1 is 1.05 bits per heavy atom. The highest BCUT2D eigenvalue weighted by Gasteiger charge is 2.23. The maximum absolute atomic E-state index is 12.3. The van der Waals surface area contributed by atoms with Crippen molar-refractivity contribution in [1.82, 2.24) is 10.2 Å². The molecule has 1 rings (SSSR count). The molecule has 0 aromatic carbocycles. The van der Waals surface area contributed by atoms with Crippen molar-refractivity contribution < 1.29 is 4.79 Å².